The molecule has 98 valence electrons. The molecule has 0 saturated heterocycles. The van der Waals surface area contributed by atoms with Gasteiger partial charge in [0, 0.05) is 5.56 Å². The number of nitrogens with one attached hydrogen (secondary N) is 1. The SMILES string of the molecule is Cc1cc(F)ccc1C(=O)Nc1c(C)cccc1Cl. The highest BCUT2D eigenvalue weighted by molar-refractivity contribution is 6.34. The molecule has 0 aliphatic carbocycles. The van der Waals surface area contributed by atoms with Crippen molar-refractivity contribution in [2.75, 3.05) is 5.32 Å². The van der Waals surface area contributed by atoms with Gasteiger partial charge >= 0.3 is 0 Å². The van der Waals surface area contributed by atoms with E-state index in [0.717, 1.165) is 5.56 Å². The summed E-state index contributed by atoms with van der Waals surface area (Å²) in [6.45, 7) is 3.55. The number of carbonyl (C=O) groups is 1. The minimum atomic E-state index is -0.358. The molecule has 0 aromatic heterocycles. The maximum atomic E-state index is 13.0. The van der Waals surface area contributed by atoms with Gasteiger partial charge in [0.15, 0.2) is 0 Å². The van der Waals surface area contributed by atoms with E-state index in [1.54, 1.807) is 13.0 Å². The number of hydrogen-bond donors (Lipinski definition) is 1. The minimum absolute atomic E-state index is 0.298. The molecule has 1 N–H and O–H groups in total. The normalized spacial score (nSPS) is 10.3. The van der Waals surface area contributed by atoms with Crippen LogP contribution in [-0.4, -0.2) is 5.91 Å². The average Bonchev–Trinajstić information content (AvgIpc) is 2.33. The molecule has 2 nitrogen and oxygen atoms in total. The minimum Gasteiger partial charge on any atom is -0.320 e. The molecule has 2 rings (SSSR count). The fourth-order valence-electron chi connectivity index (χ4n) is 1.85. The summed E-state index contributed by atoms with van der Waals surface area (Å²) < 4.78 is 13.0. The van der Waals surface area contributed by atoms with Gasteiger partial charge in [0.2, 0.25) is 0 Å². The lowest BCUT2D eigenvalue weighted by Gasteiger charge is -2.11. The van der Waals surface area contributed by atoms with Crippen molar-refractivity contribution >= 4 is 23.2 Å². The van der Waals surface area contributed by atoms with Gasteiger partial charge in [-0.15, -0.1) is 0 Å². The van der Waals surface area contributed by atoms with Crippen molar-refractivity contribution in [1.29, 1.82) is 0 Å². The van der Waals surface area contributed by atoms with Crippen molar-refractivity contribution in [3.8, 4) is 0 Å². The first-order chi connectivity index (χ1) is 8.99. The zero-order valence-electron chi connectivity index (χ0n) is 10.6. The third-order valence-corrected chi connectivity index (χ3v) is 3.21. The second kappa shape index (κ2) is 5.41. The molecule has 0 radical (unpaired) electrons. The van der Waals surface area contributed by atoms with Gasteiger partial charge in [-0.1, -0.05) is 23.7 Å². The Morgan fingerprint density at radius 2 is 1.89 bits per heavy atom. The van der Waals surface area contributed by atoms with E-state index in [1.165, 1.54) is 18.2 Å². The molecule has 2 aromatic rings. The second-order valence-electron chi connectivity index (χ2n) is 4.35. The summed E-state index contributed by atoms with van der Waals surface area (Å²) >= 11 is 6.05. The molecule has 1 amide bonds. The maximum absolute atomic E-state index is 13.0. The van der Waals surface area contributed by atoms with Crippen LogP contribution in [0.3, 0.4) is 0 Å². The molecule has 0 spiro atoms. The molecule has 0 fully saturated rings. The first-order valence-corrected chi connectivity index (χ1v) is 6.19. The lowest BCUT2D eigenvalue weighted by molar-refractivity contribution is 0.102. The summed E-state index contributed by atoms with van der Waals surface area (Å²) in [5.41, 5.74) is 2.47. The van der Waals surface area contributed by atoms with Crippen LogP contribution in [0.4, 0.5) is 10.1 Å². The quantitative estimate of drug-likeness (QED) is 0.869. The maximum Gasteiger partial charge on any atom is 0.255 e. The zero-order chi connectivity index (χ0) is 14.0. The number of aryl methyl sites for hydroxylation is 2. The molecular weight excluding hydrogens is 265 g/mol. The zero-order valence-corrected chi connectivity index (χ0v) is 11.4. The van der Waals surface area contributed by atoms with Gasteiger partial charge in [0.1, 0.15) is 5.82 Å². The van der Waals surface area contributed by atoms with Crippen LogP contribution >= 0.6 is 11.6 Å². The Kier molecular flexibility index (Phi) is 3.86. The highest BCUT2D eigenvalue weighted by atomic mass is 35.5. The van der Waals surface area contributed by atoms with Gasteiger partial charge in [-0.2, -0.15) is 0 Å². The molecule has 0 aliphatic heterocycles. The predicted molar refractivity (Wildman–Crippen MR) is 75.3 cm³/mol. The number of halogens is 2. The highest BCUT2D eigenvalue weighted by Gasteiger charge is 2.12. The molecule has 0 saturated carbocycles. The van der Waals surface area contributed by atoms with Crippen LogP contribution in [0.1, 0.15) is 21.5 Å². The summed E-state index contributed by atoms with van der Waals surface area (Å²) in [4.78, 5) is 12.2. The Morgan fingerprint density at radius 3 is 2.53 bits per heavy atom. The van der Waals surface area contributed by atoms with Gasteiger partial charge < -0.3 is 5.32 Å². The predicted octanol–water partition coefficient (Wildman–Crippen LogP) is 4.35. The summed E-state index contributed by atoms with van der Waals surface area (Å²) in [7, 11) is 0. The van der Waals surface area contributed by atoms with E-state index >= 15 is 0 Å². The van der Waals surface area contributed by atoms with Crippen LogP contribution in [-0.2, 0) is 0 Å². The number of hydrogen-bond acceptors (Lipinski definition) is 1. The van der Waals surface area contributed by atoms with Crippen LogP contribution in [0.5, 0.6) is 0 Å². The lowest BCUT2D eigenvalue weighted by Crippen LogP contribution is -2.14. The fourth-order valence-corrected chi connectivity index (χ4v) is 2.12. The molecule has 0 bridgehead atoms. The first kappa shape index (κ1) is 13.6. The van der Waals surface area contributed by atoms with Crippen molar-refractivity contribution in [1.82, 2.24) is 0 Å². The Labute approximate surface area is 116 Å². The van der Waals surface area contributed by atoms with Crippen molar-refractivity contribution in [3.63, 3.8) is 0 Å². The molecule has 0 unspecified atom stereocenters. The van der Waals surface area contributed by atoms with E-state index in [2.05, 4.69) is 5.32 Å². The van der Waals surface area contributed by atoms with Crippen molar-refractivity contribution in [2.45, 2.75) is 13.8 Å². The Bertz CT molecular complexity index is 620. The number of rotatable bonds is 2. The topological polar surface area (TPSA) is 29.1 Å². The Hall–Kier alpha value is -1.87. The Balaban J connectivity index is 2.31. The summed E-state index contributed by atoms with van der Waals surface area (Å²) in [6, 6.07) is 9.44. The van der Waals surface area contributed by atoms with Crippen molar-refractivity contribution in [2.24, 2.45) is 0 Å². The number of carbonyl (C=O) groups excluding carboxylic acids is 1. The van der Waals surface area contributed by atoms with E-state index in [9.17, 15) is 9.18 Å². The summed E-state index contributed by atoms with van der Waals surface area (Å²) in [6.07, 6.45) is 0. The molecular formula is C15H13ClFNO. The van der Waals surface area contributed by atoms with Gasteiger partial charge in [-0.3, -0.25) is 4.79 Å². The third-order valence-electron chi connectivity index (χ3n) is 2.89. The van der Waals surface area contributed by atoms with Crippen molar-refractivity contribution < 1.29 is 9.18 Å². The van der Waals surface area contributed by atoms with E-state index < -0.39 is 0 Å². The molecule has 19 heavy (non-hydrogen) atoms. The van der Waals surface area contributed by atoms with E-state index in [4.69, 9.17) is 11.6 Å². The number of benzene rings is 2. The standard InChI is InChI=1S/C15H13ClFNO/c1-9-4-3-5-13(16)14(9)18-15(19)12-7-6-11(17)8-10(12)2/h3-8H,1-2H3,(H,18,19). The highest BCUT2D eigenvalue weighted by Crippen LogP contribution is 2.26. The van der Waals surface area contributed by atoms with E-state index in [1.807, 2.05) is 19.1 Å². The number of amides is 1. The van der Waals surface area contributed by atoms with E-state index in [-0.39, 0.29) is 11.7 Å². The average molecular weight is 278 g/mol. The van der Waals surface area contributed by atoms with Crippen LogP contribution in [0.25, 0.3) is 0 Å². The number of para-hydroxylation sites is 1. The molecule has 0 aliphatic rings. The van der Waals surface area contributed by atoms with Gasteiger partial charge in [-0.05, 0) is 49.2 Å². The first-order valence-electron chi connectivity index (χ1n) is 5.81. The van der Waals surface area contributed by atoms with E-state index in [0.29, 0.717) is 21.8 Å². The smallest absolute Gasteiger partial charge is 0.255 e. The van der Waals surface area contributed by atoms with Crippen molar-refractivity contribution in [3.05, 3.63) is 63.9 Å². The summed E-state index contributed by atoms with van der Waals surface area (Å²) in [5, 5.41) is 3.24. The van der Waals surface area contributed by atoms with Gasteiger partial charge in [-0.25, -0.2) is 4.39 Å². The molecule has 0 heterocycles. The fraction of sp³-hybridized carbons (Fsp3) is 0.133. The third kappa shape index (κ3) is 2.93. The largest absolute Gasteiger partial charge is 0.320 e. The van der Waals surface area contributed by atoms with Gasteiger partial charge in [0.25, 0.3) is 5.91 Å². The number of anilines is 1. The van der Waals surface area contributed by atoms with Gasteiger partial charge in [0.05, 0.1) is 10.7 Å². The second-order valence-corrected chi connectivity index (χ2v) is 4.75. The molecule has 4 heteroatoms. The van der Waals surface area contributed by atoms with Crippen LogP contribution in [0, 0.1) is 19.7 Å². The van der Waals surface area contributed by atoms with Crippen LogP contribution < -0.4 is 5.32 Å². The lowest BCUT2D eigenvalue weighted by atomic mass is 10.1. The monoisotopic (exact) mass is 277 g/mol. The summed E-state index contributed by atoms with van der Waals surface area (Å²) in [5.74, 6) is -0.656. The van der Waals surface area contributed by atoms with Crippen LogP contribution in [0.15, 0.2) is 36.4 Å². The molecule has 2 aromatic carbocycles. The Morgan fingerprint density at radius 1 is 1.16 bits per heavy atom. The molecule has 0 atom stereocenters. The van der Waals surface area contributed by atoms with Crippen LogP contribution in [0.2, 0.25) is 5.02 Å².